The van der Waals surface area contributed by atoms with E-state index in [1.54, 1.807) is 34.4 Å². The van der Waals surface area contributed by atoms with Crippen molar-refractivity contribution in [2.75, 3.05) is 18.5 Å². The van der Waals surface area contributed by atoms with Gasteiger partial charge in [-0.05, 0) is 18.9 Å². The highest BCUT2D eigenvalue weighted by Crippen LogP contribution is 2.27. The monoisotopic (exact) mass is 388 g/mol. The van der Waals surface area contributed by atoms with Gasteiger partial charge in [0.15, 0.2) is 5.13 Å². The molecule has 142 valence electrons. The predicted octanol–water partition coefficient (Wildman–Crippen LogP) is 2.94. The first kappa shape index (κ1) is 19.0. The maximum atomic E-state index is 12.6. The number of nitro groups is 1. The highest BCUT2D eigenvalue weighted by atomic mass is 32.1. The van der Waals surface area contributed by atoms with Gasteiger partial charge in [-0.15, -0.1) is 11.3 Å². The Balaban J connectivity index is 1.67. The molecule has 0 N–H and O–H groups in total. The third-order valence-electron chi connectivity index (χ3n) is 4.71. The molecule has 1 aliphatic rings. The lowest BCUT2D eigenvalue weighted by molar-refractivity contribution is -0.384. The summed E-state index contributed by atoms with van der Waals surface area (Å²) in [6.45, 7) is 2.50. The van der Waals surface area contributed by atoms with E-state index in [1.165, 1.54) is 23.5 Å². The number of benzene rings is 1. The van der Waals surface area contributed by atoms with Crippen LogP contribution in [0.2, 0.25) is 0 Å². The number of rotatable bonds is 6. The van der Waals surface area contributed by atoms with E-state index < -0.39 is 4.92 Å². The fourth-order valence-electron chi connectivity index (χ4n) is 2.97. The Morgan fingerprint density at radius 3 is 2.93 bits per heavy atom. The van der Waals surface area contributed by atoms with E-state index in [0.29, 0.717) is 29.4 Å². The van der Waals surface area contributed by atoms with Gasteiger partial charge in [-0.2, -0.15) is 0 Å². The number of carbonyl (C=O) groups excluding carboxylic acids is 2. The molecule has 1 fully saturated rings. The number of thiazole rings is 1. The van der Waals surface area contributed by atoms with Crippen molar-refractivity contribution in [1.82, 2.24) is 9.88 Å². The van der Waals surface area contributed by atoms with Crippen LogP contribution in [0.1, 0.15) is 37.1 Å². The first-order valence-electron chi connectivity index (χ1n) is 8.61. The zero-order valence-corrected chi connectivity index (χ0v) is 15.9. The molecule has 1 aliphatic heterocycles. The van der Waals surface area contributed by atoms with Crippen LogP contribution in [0.5, 0.6) is 0 Å². The van der Waals surface area contributed by atoms with Gasteiger partial charge in [0.25, 0.3) is 5.69 Å². The van der Waals surface area contributed by atoms with Crippen molar-refractivity contribution in [3.05, 3.63) is 51.0 Å². The number of amides is 2. The zero-order chi connectivity index (χ0) is 19.6. The summed E-state index contributed by atoms with van der Waals surface area (Å²) < 4.78 is 0. The van der Waals surface area contributed by atoms with Crippen LogP contribution in [-0.4, -0.2) is 40.2 Å². The minimum atomic E-state index is -0.450. The van der Waals surface area contributed by atoms with Gasteiger partial charge in [-0.25, -0.2) is 4.98 Å². The minimum absolute atomic E-state index is 0.000350. The molecule has 0 unspecified atom stereocenters. The number of likely N-dealkylation sites (N-methyl/N-ethyl adjacent to an activating group) is 1. The topological polar surface area (TPSA) is 96.6 Å². The third kappa shape index (κ3) is 4.13. The van der Waals surface area contributed by atoms with Gasteiger partial charge < -0.3 is 4.90 Å². The summed E-state index contributed by atoms with van der Waals surface area (Å²) in [6, 6.07) is 5.97. The van der Waals surface area contributed by atoms with Gasteiger partial charge >= 0.3 is 0 Å². The molecule has 0 radical (unpaired) electrons. The molecular formula is C18H20N4O4S. The third-order valence-corrected chi connectivity index (χ3v) is 5.63. The number of hydrogen-bond donors (Lipinski definition) is 0. The molecule has 27 heavy (non-hydrogen) atoms. The van der Waals surface area contributed by atoms with Crippen molar-refractivity contribution in [2.24, 2.45) is 0 Å². The number of aromatic nitrogens is 1. The second-order valence-corrected chi connectivity index (χ2v) is 7.32. The fraction of sp³-hybridized carbons (Fsp3) is 0.389. The molecule has 0 spiro atoms. The Bertz CT molecular complexity index is 882. The molecule has 1 aromatic heterocycles. The summed E-state index contributed by atoms with van der Waals surface area (Å²) >= 11 is 1.36. The summed E-state index contributed by atoms with van der Waals surface area (Å²) in [5, 5.41) is 13.4. The number of hydrogen-bond acceptors (Lipinski definition) is 6. The van der Waals surface area contributed by atoms with Crippen LogP contribution in [0, 0.1) is 10.1 Å². The van der Waals surface area contributed by atoms with Crippen molar-refractivity contribution >= 4 is 34.0 Å². The SMILES string of the molecule is C[C@H](c1cccc([N+](=O)[O-])c1)N(C)C(=O)Cc1csc(N2CCCC2=O)n1. The lowest BCUT2D eigenvalue weighted by Crippen LogP contribution is -2.31. The van der Waals surface area contributed by atoms with Crippen LogP contribution >= 0.6 is 11.3 Å². The van der Waals surface area contributed by atoms with E-state index in [9.17, 15) is 19.7 Å². The second-order valence-electron chi connectivity index (χ2n) is 6.48. The Morgan fingerprint density at radius 1 is 1.48 bits per heavy atom. The molecule has 2 amide bonds. The standard InChI is InChI=1S/C18H20N4O4S/c1-12(13-5-3-6-15(9-13)22(25)26)20(2)17(24)10-14-11-27-18(19-14)21-8-4-7-16(21)23/h3,5-6,9,11-12H,4,7-8,10H2,1-2H3/t12-/m1/s1. The van der Waals surface area contributed by atoms with Crippen molar-refractivity contribution in [1.29, 1.82) is 0 Å². The maximum absolute atomic E-state index is 12.6. The highest BCUT2D eigenvalue weighted by Gasteiger charge is 2.25. The van der Waals surface area contributed by atoms with E-state index in [0.717, 1.165) is 6.42 Å². The normalized spacial score (nSPS) is 15.0. The molecule has 2 aromatic rings. The summed E-state index contributed by atoms with van der Waals surface area (Å²) in [4.78, 5) is 42.6. The van der Waals surface area contributed by atoms with Crippen LogP contribution in [0.3, 0.4) is 0 Å². The molecule has 8 nitrogen and oxygen atoms in total. The summed E-state index contributed by atoms with van der Waals surface area (Å²) in [5.41, 5.74) is 1.32. The Morgan fingerprint density at radius 2 is 2.26 bits per heavy atom. The van der Waals surface area contributed by atoms with Gasteiger partial charge in [0.05, 0.1) is 23.1 Å². The Hall–Kier alpha value is -2.81. The Labute approximate surface area is 160 Å². The van der Waals surface area contributed by atoms with Crippen LogP contribution in [0.15, 0.2) is 29.6 Å². The van der Waals surface area contributed by atoms with Crippen molar-refractivity contribution in [3.63, 3.8) is 0 Å². The smallest absolute Gasteiger partial charge is 0.269 e. The molecule has 0 saturated carbocycles. The minimum Gasteiger partial charge on any atom is -0.339 e. The molecule has 1 saturated heterocycles. The van der Waals surface area contributed by atoms with Gasteiger partial charge in [0.2, 0.25) is 11.8 Å². The van der Waals surface area contributed by atoms with Crippen molar-refractivity contribution < 1.29 is 14.5 Å². The van der Waals surface area contributed by atoms with Crippen molar-refractivity contribution in [2.45, 2.75) is 32.2 Å². The van der Waals surface area contributed by atoms with Crippen LogP contribution in [0.4, 0.5) is 10.8 Å². The molecule has 0 aliphatic carbocycles. The number of anilines is 1. The molecular weight excluding hydrogens is 368 g/mol. The van der Waals surface area contributed by atoms with Gasteiger partial charge in [-0.1, -0.05) is 12.1 Å². The zero-order valence-electron chi connectivity index (χ0n) is 15.1. The summed E-state index contributed by atoms with van der Waals surface area (Å²) in [7, 11) is 1.67. The maximum Gasteiger partial charge on any atom is 0.269 e. The summed E-state index contributed by atoms with van der Waals surface area (Å²) in [5.74, 6) is -0.0720. The lowest BCUT2D eigenvalue weighted by Gasteiger charge is -2.25. The average Bonchev–Trinajstić information content (AvgIpc) is 3.29. The van der Waals surface area contributed by atoms with Crippen LogP contribution < -0.4 is 4.90 Å². The van der Waals surface area contributed by atoms with Crippen molar-refractivity contribution in [3.8, 4) is 0 Å². The quantitative estimate of drug-likeness (QED) is 0.560. The summed E-state index contributed by atoms with van der Waals surface area (Å²) in [6.07, 6.45) is 1.49. The number of nitrogens with zero attached hydrogens (tertiary/aromatic N) is 4. The van der Waals surface area contributed by atoms with E-state index in [1.807, 2.05) is 6.92 Å². The number of carbonyl (C=O) groups is 2. The average molecular weight is 388 g/mol. The molecule has 2 heterocycles. The first-order valence-corrected chi connectivity index (χ1v) is 9.49. The van der Waals surface area contributed by atoms with Crippen LogP contribution in [-0.2, 0) is 16.0 Å². The molecule has 3 rings (SSSR count). The lowest BCUT2D eigenvalue weighted by atomic mass is 10.1. The van der Waals surface area contributed by atoms with E-state index >= 15 is 0 Å². The molecule has 9 heteroatoms. The number of nitro benzene ring substituents is 1. The first-order chi connectivity index (χ1) is 12.9. The fourth-order valence-corrected chi connectivity index (χ4v) is 3.84. The largest absolute Gasteiger partial charge is 0.339 e. The molecule has 1 atom stereocenters. The van der Waals surface area contributed by atoms with Gasteiger partial charge in [0.1, 0.15) is 0 Å². The Kier molecular flexibility index (Phi) is 5.50. The molecule has 1 aromatic carbocycles. The predicted molar refractivity (Wildman–Crippen MR) is 102 cm³/mol. The van der Waals surface area contributed by atoms with E-state index in [-0.39, 0.29) is 30.0 Å². The second kappa shape index (κ2) is 7.83. The molecule has 0 bridgehead atoms. The van der Waals surface area contributed by atoms with Gasteiger partial charge in [0, 0.05) is 37.5 Å². The van der Waals surface area contributed by atoms with E-state index in [4.69, 9.17) is 0 Å². The highest BCUT2D eigenvalue weighted by molar-refractivity contribution is 7.14. The van der Waals surface area contributed by atoms with Crippen LogP contribution in [0.25, 0.3) is 0 Å². The number of non-ortho nitro benzene ring substituents is 1. The van der Waals surface area contributed by atoms with Gasteiger partial charge in [-0.3, -0.25) is 24.6 Å². The van der Waals surface area contributed by atoms with E-state index in [2.05, 4.69) is 4.98 Å².